The first-order valence-electron chi connectivity index (χ1n) is 4.85. The van der Waals surface area contributed by atoms with Crippen LogP contribution in [0.2, 0.25) is 0 Å². The van der Waals surface area contributed by atoms with Crippen LogP contribution in [-0.2, 0) is 0 Å². The Morgan fingerprint density at radius 2 is 1.75 bits per heavy atom. The average molecular weight is 163 g/mol. The molecule has 0 amide bonds. The van der Waals surface area contributed by atoms with Crippen molar-refractivity contribution in [2.24, 2.45) is 11.8 Å². The molecule has 1 aliphatic rings. The van der Waals surface area contributed by atoms with Crippen LogP contribution in [0.5, 0.6) is 0 Å². The van der Waals surface area contributed by atoms with Gasteiger partial charge in [-0.3, -0.25) is 0 Å². The zero-order chi connectivity index (χ0) is 9.14. The van der Waals surface area contributed by atoms with Crippen LogP contribution >= 0.6 is 0 Å². The molecule has 0 bridgehead atoms. The first-order valence-corrected chi connectivity index (χ1v) is 4.85. The Morgan fingerprint density at radius 1 is 1.08 bits per heavy atom. The fraction of sp³-hybridized carbons (Fsp3) is 0.583. The lowest BCUT2D eigenvalue weighted by Gasteiger charge is -2.21. The molecule has 1 aliphatic carbocycles. The van der Waals surface area contributed by atoms with E-state index in [2.05, 4.69) is 45.9 Å². The second-order valence-corrected chi connectivity index (χ2v) is 4.14. The quantitative estimate of drug-likeness (QED) is 0.581. The van der Waals surface area contributed by atoms with Gasteiger partial charge in [0.1, 0.15) is 0 Å². The molecule has 0 aromatic heterocycles. The van der Waals surface area contributed by atoms with Crippen molar-refractivity contribution in [1.82, 2.24) is 0 Å². The molecule has 0 fully saturated rings. The Bertz CT molecular complexity index is 194. The van der Waals surface area contributed by atoms with Gasteiger partial charge in [-0.25, -0.2) is 0 Å². The van der Waals surface area contributed by atoms with E-state index >= 15 is 0 Å². The summed E-state index contributed by atoms with van der Waals surface area (Å²) in [6.45, 7) is 9.03. The van der Waals surface area contributed by atoms with Crippen molar-refractivity contribution in [2.45, 2.75) is 34.1 Å². The molecule has 0 saturated carbocycles. The highest BCUT2D eigenvalue weighted by molar-refractivity contribution is 5.34. The summed E-state index contributed by atoms with van der Waals surface area (Å²) in [6.07, 6.45) is 8.06. The highest BCUT2D eigenvalue weighted by Crippen LogP contribution is 2.28. The molecule has 1 rings (SSSR count). The van der Waals surface area contributed by atoms with Gasteiger partial charge in [-0.2, -0.15) is 0 Å². The molecule has 0 nitrogen and oxygen atoms in total. The first-order chi connectivity index (χ1) is 5.61. The number of hydrogen-bond donors (Lipinski definition) is 0. The normalized spacial score (nSPS) is 19.0. The molecule has 0 atom stereocenters. The highest BCUT2D eigenvalue weighted by atomic mass is 14.2. The third-order valence-electron chi connectivity index (χ3n) is 2.42. The molecule has 0 aromatic rings. The van der Waals surface area contributed by atoms with Gasteiger partial charge < -0.3 is 0 Å². The lowest BCUT2D eigenvalue weighted by atomic mass is 9.84. The van der Waals surface area contributed by atoms with Crippen LogP contribution in [0, 0.1) is 17.8 Å². The van der Waals surface area contributed by atoms with E-state index < -0.39 is 0 Å². The number of rotatable bonds is 2. The Kier molecular flexibility index (Phi) is 3.13. The van der Waals surface area contributed by atoms with Crippen LogP contribution in [-0.4, -0.2) is 0 Å². The van der Waals surface area contributed by atoms with Gasteiger partial charge in [-0.1, -0.05) is 45.9 Å². The smallest absolute Gasteiger partial charge is 0.00417 e. The van der Waals surface area contributed by atoms with Crippen molar-refractivity contribution < 1.29 is 0 Å². The molecular formula is C12H19. The van der Waals surface area contributed by atoms with Gasteiger partial charge in [-0.15, -0.1) is 0 Å². The Labute approximate surface area is 76.4 Å². The standard InChI is InChI=1S/C12H19/c1-9(2)11-6-5-7-12(8-11)10(3)4/h5-6,8-10H,7H2,1-4H3. The summed E-state index contributed by atoms with van der Waals surface area (Å²) in [4.78, 5) is 0. The van der Waals surface area contributed by atoms with Gasteiger partial charge in [0.2, 0.25) is 0 Å². The van der Waals surface area contributed by atoms with Crippen molar-refractivity contribution in [3.63, 3.8) is 0 Å². The molecule has 0 heterocycles. The molecule has 1 radical (unpaired) electrons. The van der Waals surface area contributed by atoms with Crippen molar-refractivity contribution in [3.8, 4) is 0 Å². The topological polar surface area (TPSA) is 0 Å². The van der Waals surface area contributed by atoms with E-state index in [1.807, 2.05) is 0 Å². The van der Waals surface area contributed by atoms with Crippen LogP contribution in [0.15, 0.2) is 23.8 Å². The van der Waals surface area contributed by atoms with E-state index in [4.69, 9.17) is 0 Å². The summed E-state index contributed by atoms with van der Waals surface area (Å²) in [5.74, 6) is 2.93. The summed E-state index contributed by atoms with van der Waals surface area (Å²) in [6, 6.07) is 0. The van der Waals surface area contributed by atoms with Gasteiger partial charge in [-0.05, 0) is 23.8 Å². The van der Waals surface area contributed by atoms with E-state index in [1.165, 1.54) is 5.57 Å². The van der Waals surface area contributed by atoms with Crippen molar-refractivity contribution in [1.29, 1.82) is 0 Å². The maximum atomic E-state index is 2.37. The summed E-state index contributed by atoms with van der Waals surface area (Å²) in [7, 11) is 0. The first kappa shape index (κ1) is 9.57. The van der Waals surface area contributed by atoms with Gasteiger partial charge in [0.05, 0.1) is 0 Å². The molecule has 0 spiro atoms. The minimum Gasteiger partial charge on any atom is -0.0834 e. The van der Waals surface area contributed by atoms with E-state index in [0.29, 0.717) is 11.8 Å². The summed E-state index contributed by atoms with van der Waals surface area (Å²) < 4.78 is 0. The monoisotopic (exact) mass is 163 g/mol. The molecule has 0 saturated heterocycles. The average Bonchev–Trinajstić information content (AvgIpc) is 2.04. The van der Waals surface area contributed by atoms with E-state index in [9.17, 15) is 0 Å². The van der Waals surface area contributed by atoms with Crippen LogP contribution in [0.3, 0.4) is 0 Å². The fourth-order valence-corrected chi connectivity index (χ4v) is 1.41. The third-order valence-corrected chi connectivity index (χ3v) is 2.42. The predicted molar refractivity (Wildman–Crippen MR) is 54.8 cm³/mol. The molecule has 0 aromatic carbocycles. The van der Waals surface area contributed by atoms with Gasteiger partial charge in [0, 0.05) is 5.92 Å². The second kappa shape index (κ2) is 3.93. The van der Waals surface area contributed by atoms with E-state index in [-0.39, 0.29) is 0 Å². The van der Waals surface area contributed by atoms with Crippen LogP contribution in [0.25, 0.3) is 0 Å². The van der Waals surface area contributed by atoms with Gasteiger partial charge >= 0.3 is 0 Å². The minimum absolute atomic E-state index is 0.662. The molecule has 0 heteroatoms. The number of hydrogen-bond acceptors (Lipinski definition) is 0. The van der Waals surface area contributed by atoms with Crippen molar-refractivity contribution in [2.75, 3.05) is 0 Å². The maximum Gasteiger partial charge on any atom is 0.00417 e. The fourth-order valence-electron chi connectivity index (χ4n) is 1.41. The SMILES string of the molecule is CC(C)[C]1C=C(C(C)C)C=CC1. The van der Waals surface area contributed by atoms with Crippen LogP contribution < -0.4 is 0 Å². The van der Waals surface area contributed by atoms with Crippen molar-refractivity contribution >= 4 is 0 Å². The summed E-state index contributed by atoms with van der Waals surface area (Å²) >= 11 is 0. The number of allylic oxidation sites excluding steroid dienone is 4. The van der Waals surface area contributed by atoms with Crippen LogP contribution in [0.1, 0.15) is 34.1 Å². The molecule has 12 heavy (non-hydrogen) atoms. The predicted octanol–water partition coefficient (Wildman–Crippen LogP) is 3.76. The molecule has 0 unspecified atom stereocenters. The van der Waals surface area contributed by atoms with Crippen molar-refractivity contribution in [3.05, 3.63) is 29.7 Å². The lowest BCUT2D eigenvalue weighted by Crippen LogP contribution is -2.07. The van der Waals surface area contributed by atoms with E-state index in [0.717, 1.165) is 6.42 Å². The maximum absolute atomic E-state index is 2.37. The Hall–Kier alpha value is -0.520. The minimum atomic E-state index is 0.662. The highest BCUT2D eigenvalue weighted by Gasteiger charge is 2.14. The zero-order valence-corrected chi connectivity index (χ0v) is 8.59. The van der Waals surface area contributed by atoms with Gasteiger partial charge in [0.25, 0.3) is 0 Å². The summed E-state index contributed by atoms with van der Waals surface area (Å²) in [5, 5.41) is 0. The van der Waals surface area contributed by atoms with Crippen LogP contribution in [0.4, 0.5) is 0 Å². The van der Waals surface area contributed by atoms with E-state index in [1.54, 1.807) is 5.92 Å². The zero-order valence-electron chi connectivity index (χ0n) is 8.59. The molecule has 0 aliphatic heterocycles. The Balaban J connectivity index is 2.69. The van der Waals surface area contributed by atoms with Gasteiger partial charge in [0.15, 0.2) is 0 Å². The third kappa shape index (κ3) is 2.23. The molecule has 67 valence electrons. The summed E-state index contributed by atoms with van der Waals surface area (Å²) in [5.41, 5.74) is 1.48. The molecule has 0 N–H and O–H groups in total. The lowest BCUT2D eigenvalue weighted by molar-refractivity contribution is 0.658. The Morgan fingerprint density at radius 3 is 2.25 bits per heavy atom. The molecular weight excluding hydrogens is 144 g/mol. The largest absolute Gasteiger partial charge is 0.0834 e. The second-order valence-electron chi connectivity index (χ2n) is 4.14.